The number of carboxylic acid groups (broad SMARTS) is 1. The number of hydrogen-bond acceptors (Lipinski definition) is 11. The van der Waals surface area contributed by atoms with Gasteiger partial charge in [0.25, 0.3) is 0 Å². The summed E-state index contributed by atoms with van der Waals surface area (Å²) in [5.41, 5.74) is 0. The standard InChI is InChI=1S/C67H100O12/c1-4-7-10-13-16-19-22-25-28-29-30-31-34-35-38-41-44-47-50-53-59(68)75-56-58(77-60(69)54-51-48-45-42-39-36-32-26-23-20-17-14-11-8-5-2)57-76-67-65(63(72)62(71)64(79-67)66(73)74)78-61(70)55-52-49-46-43-40-37-33-27-24-21-18-15-12-9-6-3/h7-12,16-21,25-28,30-33,35,38-39,42,44,47,58,62-65,67,71-72H,4-6,13-15,22-24,29,34,36-37,40-41,43,45-46,48-57H2,1-3H3,(H,73,74)/b10-7-,11-8-,12-9-,19-16-,20-17-,21-18-,28-25-,31-30-,32-26-,33-27-,38-35-,42-39-,47-44-. The van der Waals surface area contributed by atoms with E-state index in [9.17, 15) is 34.5 Å². The maximum Gasteiger partial charge on any atom is 0.335 e. The number of aliphatic hydroxyl groups is 2. The fraction of sp³-hybridized carbons (Fsp3) is 0.552. The molecule has 6 atom stereocenters. The zero-order valence-electron chi connectivity index (χ0n) is 48.3. The zero-order chi connectivity index (χ0) is 57.5. The van der Waals surface area contributed by atoms with Crippen LogP contribution in [0.2, 0.25) is 0 Å². The Labute approximate surface area is 475 Å². The highest BCUT2D eigenvalue weighted by Gasteiger charge is 2.50. The molecule has 6 unspecified atom stereocenters. The molecular weight excluding hydrogens is 997 g/mol. The van der Waals surface area contributed by atoms with Gasteiger partial charge in [0.2, 0.25) is 0 Å². The smallest absolute Gasteiger partial charge is 0.335 e. The summed E-state index contributed by atoms with van der Waals surface area (Å²) in [6.45, 7) is 5.52. The average molecular weight is 1100 g/mol. The highest BCUT2D eigenvalue weighted by molar-refractivity contribution is 5.74. The Bertz CT molecular complexity index is 1980. The van der Waals surface area contributed by atoms with Crippen LogP contribution in [0.1, 0.15) is 188 Å². The second kappa shape index (κ2) is 53.0. The molecule has 0 aliphatic carbocycles. The van der Waals surface area contributed by atoms with Gasteiger partial charge in [-0.05, 0) is 128 Å². The molecule has 0 aromatic rings. The van der Waals surface area contributed by atoms with Crippen LogP contribution in [-0.4, -0.2) is 89.2 Å². The maximum absolute atomic E-state index is 13.1. The molecule has 1 aliphatic rings. The molecule has 79 heavy (non-hydrogen) atoms. The van der Waals surface area contributed by atoms with Gasteiger partial charge < -0.3 is 39.0 Å². The van der Waals surface area contributed by atoms with Gasteiger partial charge in [0.15, 0.2) is 24.6 Å². The Hall–Kier alpha value is -5.66. The first kappa shape index (κ1) is 71.4. The molecule has 12 nitrogen and oxygen atoms in total. The van der Waals surface area contributed by atoms with Crippen LogP contribution in [0.15, 0.2) is 158 Å². The molecule has 12 heteroatoms. The molecule has 0 aromatic carbocycles. The van der Waals surface area contributed by atoms with Gasteiger partial charge in [0, 0.05) is 19.3 Å². The number of esters is 3. The lowest BCUT2D eigenvalue weighted by atomic mass is 9.98. The van der Waals surface area contributed by atoms with Crippen LogP contribution in [0.25, 0.3) is 0 Å². The fourth-order valence-electron chi connectivity index (χ4n) is 7.69. The summed E-state index contributed by atoms with van der Waals surface area (Å²) in [7, 11) is 0. The van der Waals surface area contributed by atoms with E-state index in [1.54, 1.807) is 0 Å². The number of carbonyl (C=O) groups excluding carboxylic acids is 3. The lowest BCUT2D eigenvalue weighted by molar-refractivity contribution is -0.301. The first-order chi connectivity index (χ1) is 38.6. The molecule has 0 saturated carbocycles. The quantitative estimate of drug-likeness (QED) is 0.0228. The van der Waals surface area contributed by atoms with Gasteiger partial charge in [-0.15, -0.1) is 0 Å². The lowest BCUT2D eigenvalue weighted by Crippen LogP contribution is -2.61. The van der Waals surface area contributed by atoms with Gasteiger partial charge in [-0.2, -0.15) is 0 Å². The molecule has 0 amide bonds. The molecule has 3 N–H and O–H groups in total. The van der Waals surface area contributed by atoms with Gasteiger partial charge in [-0.1, -0.05) is 198 Å². The molecular formula is C67H100O12. The van der Waals surface area contributed by atoms with Crippen LogP contribution in [0, 0.1) is 0 Å². The normalized spacial score (nSPS) is 19.0. The zero-order valence-corrected chi connectivity index (χ0v) is 48.3. The number of unbranched alkanes of at least 4 members (excludes halogenated alkanes) is 7. The summed E-state index contributed by atoms with van der Waals surface area (Å²) in [4.78, 5) is 51.1. The minimum absolute atomic E-state index is 0.0190. The summed E-state index contributed by atoms with van der Waals surface area (Å²) < 4.78 is 28.3. The van der Waals surface area contributed by atoms with E-state index in [0.717, 1.165) is 122 Å². The Morgan fingerprint density at radius 1 is 0.418 bits per heavy atom. The molecule has 1 saturated heterocycles. The topological polar surface area (TPSA) is 175 Å². The summed E-state index contributed by atoms with van der Waals surface area (Å²) in [6.07, 6.45) is 65.1. The third kappa shape index (κ3) is 42.9. The van der Waals surface area contributed by atoms with E-state index in [-0.39, 0.29) is 25.9 Å². The maximum atomic E-state index is 13.1. The van der Waals surface area contributed by atoms with Gasteiger partial charge >= 0.3 is 23.9 Å². The third-order valence-electron chi connectivity index (χ3n) is 12.1. The van der Waals surface area contributed by atoms with Gasteiger partial charge in [0.05, 0.1) is 6.61 Å². The predicted molar refractivity (Wildman–Crippen MR) is 321 cm³/mol. The van der Waals surface area contributed by atoms with Crippen molar-refractivity contribution in [2.45, 2.75) is 225 Å². The molecule has 0 bridgehead atoms. The van der Waals surface area contributed by atoms with Crippen LogP contribution in [0.3, 0.4) is 0 Å². The van der Waals surface area contributed by atoms with Crippen molar-refractivity contribution in [1.82, 2.24) is 0 Å². The van der Waals surface area contributed by atoms with E-state index in [4.69, 9.17) is 23.7 Å². The van der Waals surface area contributed by atoms with E-state index in [0.29, 0.717) is 25.7 Å². The van der Waals surface area contributed by atoms with E-state index >= 15 is 0 Å². The second-order valence-electron chi connectivity index (χ2n) is 19.1. The largest absolute Gasteiger partial charge is 0.479 e. The highest BCUT2D eigenvalue weighted by Crippen LogP contribution is 2.26. The van der Waals surface area contributed by atoms with Crippen LogP contribution in [0.5, 0.6) is 0 Å². The van der Waals surface area contributed by atoms with Crippen molar-refractivity contribution in [1.29, 1.82) is 0 Å². The van der Waals surface area contributed by atoms with Crippen molar-refractivity contribution >= 4 is 23.9 Å². The number of carbonyl (C=O) groups is 4. The predicted octanol–water partition coefficient (Wildman–Crippen LogP) is 15.3. The van der Waals surface area contributed by atoms with Crippen molar-refractivity contribution in [2.24, 2.45) is 0 Å². The Kier molecular flexibility index (Phi) is 47.9. The average Bonchev–Trinajstić information content (AvgIpc) is 3.46. The molecule has 0 radical (unpaired) electrons. The highest BCUT2D eigenvalue weighted by atomic mass is 16.7. The molecule has 0 aromatic heterocycles. The summed E-state index contributed by atoms with van der Waals surface area (Å²) in [5.74, 6) is -3.34. The van der Waals surface area contributed by atoms with Crippen molar-refractivity contribution in [2.75, 3.05) is 13.2 Å². The number of ether oxygens (including phenoxy) is 5. The Morgan fingerprint density at radius 2 is 0.785 bits per heavy atom. The van der Waals surface area contributed by atoms with Crippen molar-refractivity contribution in [3.05, 3.63) is 158 Å². The first-order valence-electron chi connectivity index (χ1n) is 29.5. The molecule has 440 valence electrons. The van der Waals surface area contributed by atoms with E-state index in [2.05, 4.69) is 167 Å². The Balaban J connectivity index is 2.79. The second-order valence-corrected chi connectivity index (χ2v) is 19.1. The SMILES string of the molecule is CC/C=C\C/C=C\C/C=C\C/C=C\C/C=C\C/C=C\CCC(=O)OCC(COC1OC(C(=O)O)C(O)C(O)C1OC(=O)CCCCCCC/C=C\C/C=C\C/C=C\CC)OC(=O)CCCC/C=C\C/C=C\C/C=C\C/C=C\CC. The molecule has 1 fully saturated rings. The van der Waals surface area contributed by atoms with E-state index in [1.807, 2.05) is 12.2 Å². The fourth-order valence-corrected chi connectivity index (χ4v) is 7.69. The minimum Gasteiger partial charge on any atom is -0.479 e. The third-order valence-corrected chi connectivity index (χ3v) is 12.1. The number of carboxylic acids is 1. The number of aliphatic carboxylic acids is 1. The molecule has 0 spiro atoms. The molecule has 1 heterocycles. The number of rotatable bonds is 47. The van der Waals surface area contributed by atoms with Crippen LogP contribution >= 0.6 is 0 Å². The monoisotopic (exact) mass is 1100 g/mol. The molecule has 1 rings (SSSR count). The minimum atomic E-state index is -1.93. The summed E-state index contributed by atoms with van der Waals surface area (Å²) >= 11 is 0. The first-order valence-corrected chi connectivity index (χ1v) is 29.5. The van der Waals surface area contributed by atoms with Crippen molar-refractivity contribution in [3.8, 4) is 0 Å². The number of hydrogen-bond donors (Lipinski definition) is 3. The van der Waals surface area contributed by atoms with Gasteiger partial charge in [0.1, 0.15) is 18.8 Å². The summed E-state index contributed by atoms with van der Waals surface area (Å²) in [5, 5.41) is 31.5. The van der Waals surface area contributed by atoms with Gasteiger partial charge in [-0.3, -0.25) is 14.4 Å². The van der Waals surface area contributed by atoms with E-state index < -0.39 is 67.3 Å². The lowest BCUT2D eigenvalue weighted by Gasteiger charge is -2.40. The number of aliphatic hydroxyl groups excluding tert-OH is 2. The summed E-state index contributed by atoms with van der Waals surface area (Å²) in [6, 6.07) is 0. The van der Waals surface area contributed by atoms with Crippen molar-refractivity contribution < 1.29 is 58.2 Å². The Morgan fingerprint density at radius 3 is 1.23 bits per heavy atom. The van der Waals surface area contributed by atoms with Crippen molar-refractivity contribution in [3.63, 3.8) is 0 Å². The van der Waals surface area contributed by atoms with Gasteiger partial charge in [-0.25, -0.2) is 4.79 Å². The number of allylic oxidation sites excluding steroid dienone is 26. The van der Waals surface area contributed by atoms with Crippen LogP contribution in [-0.2, 0) is 42.9 Å². The van der Waals surface area contributed by atoms with E-state index in [1.165, 1.54) is 0 Å². The molecule has 1 aliphatic heterocycles. The van der Waals surface area contributed by atoms with Crippen LogP contribution in [0.4, 0.5) is 0 Å². The van der Waals surface area contributed by atoms with Crippen LogP contribution < -0.4 is 0 Å².